The van der Waals surface area contributed by atoms with Gasteiger partial charge in [0.05, 0.1) is 12.8 Å². The number of rotatable bonds is 4. The summed E-state index contributed by atoms with van der Waals surface area (Å²) in [7, 11) is 3.06. The smallest absolute Gasteiger partial charge is 0.269 e. The first-order valence-electron chi connectivity index (χ1n) is 5.83. The summed E-state index contributed by atoms with van der Waals surface area (Å²) in [5, 5.41) is 6.53. The lowest BCUT2D eigenvalue weighted by Crippen LogP contribution is -2.21. The van der Waals surface area contributed by atoms with Crippen molar-refractivity contribution in [1.29, 1.82) is 0 Å². The first-order valence-corrected chi connectivity index (χ1v) is 5.83. The van der Waals surface area contributed by atoms with Crippen molar-refractivity contribution in [3.05, 3.63) is 41.7 Å². The van der Waals surface area contributed by atoms with E-state index in [-0.39, 0.29) is 17.3 Å². The summed E-state index contributed by atoms with van der Waals surface area (Å²) >= 11 is 0. The highest BCUT2D eigenvalue weighted by molar-refractivity contribution is 5.97. The molecule has 0 fully saturated rings. The van der Waals surface area contributed by atoms with Gasteiger partial charge in [-0.25, -0.2) is 4.68 Å². The number of aromatic nitrogens is 2. The molecule has 0 aliphatic heterocycles. The van der Waals surface area contributed by atoms with Gasteiger partial charge in [0, 0.05) is 13.1 Å². The molecule has 0 atom stereocenters. The maximum atomic E-state index is 11.8. The number of nitrogens with one attached hydrogen (secondary N) is 1. The number of ether oxygens (including phenoxy) is 1. The molecule has 20 heavy (non-hydrogen) atoms. The van der Waals surface area contributed by atoms with E-state index in [2.05, 4.69) is 10.4 Å². The van der Waals surface area contributed by atoms with Crippen LogP contribution in [0.15, 0.2) is 30.3 Å². The van der Waals surface area contributed by atoms with Gasteiger partial charge in [-0.05, 0) is 24.3 Å². The maximum absolute atomic E-state index is 11.8. The maximum Gasteiger partial charge on any atom is 0.269 e. The molecule has 0 spiro atoms. The third-order valence-electron chi connectivity index (χ3n) is 2.74. The Morgan fingerprint density at radius 3 is 2.45 bits per heavy atom. The number of benzene rings is 1. The van der Waals surface area contributed by atoms with Crippen LogP contribution in [-0.4, -0.2) is 35.8 Å². The first-order chi connectivity index (χ1) is 9.56. The van der Waals surface area contributed by atoms with Gasteiger partial charge in [0.25, 0.3) is 11.8 Å². The SMILES string of the molecule is CNC(=O)c1cc(C(N)=O)nn1-c1ccc(OC)cc1. The Bertz CT molecular complexity index is 646. The Morgan fingerprint density at radius 1 is 1.30 bits per heavy atom. The minimum atomic E-state index is -0.692. The molecule has 0 bridgehead atoms. The largest absolute Gasteiger partial charge is 0.497 e. The lowest BCUT2D eigenvalue weighted by molar-refractivity contribution is 0.0954. The van der Waals surface area contributed by atoms with Crippen molar-refractivity contribution < 1.29 is 14.3 Å². The number of nitrogens with two attached hydrogens (primary N) is 1. The molecule has 1 heterocycles. The summed E-state index contributed by atoms with van der Waals surface area (Å²) in [6.45, 7) is 0. The highest BCUT2D eigenvalue weighted by atomic mass is 16.5. The van der Waals surface area contributed by atoms with E-state index >= 15 is 0 Å². The molecule has 2 amide bonds. The topological polar surface area (TPSA) is 99.2 Å². The van der Waals surface area contributed by atoms with Crippen molar-refractivity contribution in [1.82, 2.24) is 15.1 Å². The summed E-state index contributed by atoms with van der Waals surface area (Å²) in [6.07, 6.45) is 0. The van der Waals surface area contributed by atoms with Gasteiger partial charge in [-0.2, -0.15) is 5.10 Å². The molecule has 0 unspecified atom stereocenters. The third kappa shape index (κ3) is 2.46. The van der Waals surface area contributed by atoms with Crippen molar-refractivity contribution in [2.75, 3.05) is 14.2 Å². The van der Waals surface area contributed by atoms with E-state index in [1.165, 1.54) is 17.8 Å². The Balaban J connectivity index is 2.52. The van der Waals surface area contributed by atoms with Crippen LogP contribution in [0.25, 0.3) is 5.69 Å². The van der Waals surface area contributed by atoms with Crippen LogP contribution in [0.3, 0.4) is 0 Å². The third-order valence-corrected chi connectivity index (χ3v) is 2.74. The highest BCUT2D eigenvalue weighted by Gasteiger charge is 2.18. The highest BCUT2D eigenvalue weighted by Crippen LogP contribution is 2.17. The molecule has 7 heteroatoms. The van der Waals surface area contributed by atoms with Gasteiger partial charge in [0.2, 0.25) is 0 Å². The quantitative estimate of drug-likeness (QED) is 0.839. The molecule has 0 radical (unpaired) electrons. The Morgan fingerprint density at radius 2 is 1.95 bits per heavy atom. The van der Waals surface area contributed by atoms with Gasteiger partial charge in [0.1, 0.15) is 11.4 Å². The summed E-state index contributed by atoms with van der Waals surface area (Å²) in [6, 6.07) is 8.26. The molecule has 7 nitrogen and oxygen atoms in total. The lowest BCUT2D eigenvalue weighted by Gasteiger charge is -2.07. The van der Waals surface area contributed by atoms with Crippen molar-refractivity contribution in [2.45, 2.75) is 0 Å². The number of carbonyl (C=O) groups excluding carboxylic acids is 2. The van der Waals surface area contributed by atoms with E-state index in [9.17, 15) is 9.59 Å². The number of nitrogens with zero attached hydrogens (tertiary/aromatic N) is 2. The fraction of sp³-hybridized carbons (Fsp3) is 0.154. The Kier molecular flexibility index (Phi) is 3.69. The van der Waals surface area contributed by atoms with Gasteiger partial charge in [-0.3, -0.25) is 9.59 Å². The van der Waals surface area contributed by atoms with Crippen molar-refractivity contribution in [2.24, 2.45) is 5.73 Å². The molecule has 0 aliphatic rings. The zero-order valence-electron chi connectivity index (χ0n) is 11.1. The van der Waals surface area contributed by atoms with Crippen LogP contribution in [0, 0.1) is 0 Å². The van der Waals surface area contributed by atoms with Gasteiger partial charge in [0.15, 0.2) is 5.69 Å². The normalized spacial score (nSPS) is 10.1. The summed E-state index contributed by atoms with van der Waals surface area (Å²) in [5.74, 6) is -0.374. The number of hydrogen-bond acceptors (Lipinski definition) is 4. The number of amides is 2. The van der Waals surface area contributed by atoms with Crippen LogP contribution < -0.4 is 15.8 Å². The van der Waals surface area contributed by atoms with E-state index in [1.807, 2.05) is 0 Å². The second-order valence-electron chi connectivity index (χ2n) is 3.97. The summed E-state index contributed by atoms with van der Waals surface area (Å²) in [5.41, 5.74) is 6.07. The first kappa shape index (κ1) is 13.6. The second-order valence-corrected chi connectivity index (χ2v) is 3.97. The van der Waals surface area contributed by atoms with Gasteiger partial charge in [-0.1, -0.05) is 0 Å². The fourth-order valence-electron chi connectivity index (χ4n) is 1.71. The molecule has 0 aliphatic carbocycles. The van der Waals surface area contributed by atoms with E-state index < -0.39 is 5.91 Å². The van der Waals surface area contributed by atoms with Gasteiger partial charge >= 0.3 is 0 Å². The predicted molar refractivity (Wildman–Crippen MR) is 72.0 cm³/mol. The predicted octanol–water partition coefficient (Wildman–Crippen LogP) is 0.339. The summed E-state index contributed by atoms with van der Waals surface area (Å²) < 4.78 is 6.42. The van der Waals surface area contributed by atoms with Gasteiger partial charge < -0.3 is 15.8 Å². The Hall–Kier alpha value is -2.83. The van der Waals surface area contributed by atoms with Crippen LogP contribution in [0.5, 0.6) is 5.75 Å². The van der Waals surface area contributed by atoms with Crippen LogP contribution >= 0.6 is 0 Å². The molecular weight excluding hydrogens is 260 g/mol. The molecule has 0 saturated carbocycles. The van der Waals surface area contributed by atoms with Crippen molar-refractivity contribution >= 4 is 11.8 Å². The second kappa shape index (κ2) is 5.43. The zero-order valence-corrected chi connectivity index (χ0v) is 11.1. The lowest BCUT2D eigenvalue weighted by atomic mass is 10.3. The number of primary amides is 1. The molecule has 3 N–H and O–H groups in total. The molecule has 104 valence electrons. The van der Waals surface area contributed by atoms with E-state index in [0.717, 1.165) is 0 Å². The number of hydrogen-bond donors (Lipinski definition) is 2. The molecule has 1 aromatic carbocycles. The zero-order chi connectivity index (χ0) is 14.7. The molecule has 2 aromatic rings. The van der Waals surface area contributed by atoms with E-state index in [1.54, 1.807) is 31.4 Å². The standard InChI is InChI=1S/C13H14N4O3/c1-15-13(19)11-7-10(12(14)18)16-17(11)8-3-5-9(20-2)6-4-8/h3-7H,1-2H3,(H2,14,18)(H,15,19). The summed E-state index contributed by atoms with van der Waals surface area (Å²) in [4.78, 5) is 23.0. The molecular formula is C13H14N4O3. The Labute approximate surface area is 115 Å². The number of methoxy groups -OCH3 is 1. The minimum Gasteiger partial charge on any atom is -0.497 e. The molecule has 2 rings (SSSR count). The van der Waals surface area contributed by atoms with E-state index in [0.29, 0.717) is 11.4 Å². The average Bonchev–Trinajstić information content (AvgIpc) is 2.92. The van der Waals surface area contributed by atoms with Crippen LogP contribution in [0.4, 0.5) is 0 Å². The van der Waals surface area contributed by atoms with Crippen molar-refractivity contribution in [3.8, 4) is 11.4 Å². The average molecular weight is 274 g/mol. The fourth-order valence-corrected chi connectivity index (χ4v) is 1.71. The van der Waals surface area contributed by atoms with E-state index in [4.69, 9.17) is 10.5 Å². The minimum absolute atomic E-state index is 0.0272. The molecule has 1 aromatic heterocycles. The van der Waals surface area contributed by atoms with Crippen LogP contribution in [0.2, 0.25) is 0 Å². The number of carbonyl (C=O) groups is 2. The van der Waals surface area contributed by atoms with Crippen LogP contribution in [-0.2, 0) is 0 Å². The van der Waals surface area contributed by atoms with Crippen molar-refractivity contribution in [3.63, 3.8) is 0 Å². The van der Waals surface area contributed by atoms with Gasteiger partial charge in [-0.15, -0.1) is 0 Å². The molecule has 0 saturated heterocycles. The monoisotopic (exact) mass is 274 g/mol. The van der Waals surface area contributed by atoms with Crippen LogP contribution in [0.1, 0.15) is 21.0 Å².